The number of anilines is 1. The highest BCUT2D eigenvalue weighted by Gasteiger charge is 2.31. The van der Waals surface area contributed by atoms with E-state index in [1.807, 2.05) is 12.3 Å². The number of aromatic nitrogens is 3. The van der Waals surface area contributed by atoms with Crippen LogP contribution in [-0.4, -0.2) is 26.3 Å². The average molecular weight is 387 g/mol. The van der Waals surface area contributed by atoms with Crippen molar-refractivity contribution in [1.82, 2.24) is 15.0 Å². The first-order chi connectivity index (χ1) is 12.6. The van der Waals surface area contributed by atoms with Gasteiger partial charge in [-0.15, -0.1) is 11.3 Å². The zero-order valence-electron chi connectivity index (χ0n) is 15.2. The van der Waals surface area contributed by atoms with Crippen LogP contribution in [-0.2, 0) is 24.3 Å². The minimum Gasteiger partial charge on any atom is -0.370 e. The number of nitrogens with zero attached hydrogens (tertiary/aromatic N) is 3. The number of thioether (sulfide) groups is 1. The minimum atomic E-state index is -0.154. The normalized spacial score (nSPS) is 15.8. The molecule has 0 fully saturated rings. The molecule has 3 aromatic rings. The van der Waals surface area contributed by atoms with E-state index in [-0.39, 0.29) is 5.60 Å². The summed E-state index contributed by atoms with van der Waals surface area (Å²) in [7, 11) is 0. The molecule has 1 aliphatic heterocycles. The number of fused-ring (bicyclic) bond motifs is 3. The van der Waals surface area contributed by atoms with E-state index in [0.717, 1.165) is 38.9 Å². The van der Waals surface area contributed by atoms with Gasteiger partial charge in [0.1, 0.15) is 10.6 Å². The Labute approximate surface area is 161 Å². The van der Waals surface area contributed by atoms with Gasteiger partial charge in [0.25, 0.3) is 0 Å². The fraction of sp³-hybridized carbons (Fsp3) is 0.421. The highest BCUT2D eigenvalue weighted by molar-refractivity contribution is 7.99. The smallest absolute Gasteiger partial charge is 0.190 e. The van der Waals surface area contributed by atoms with E-state index in [9.17, 15) is 0 Å². The van der Waals surface area contributed by atoms with Gasteiger partial charge in [0.15, 0.2) is 5.16 Å². The second-order valence-electron chi connectivity index (χ2n) is 6.91. The largest absolute Gasteiger partial charge is 0.370 e. The fourth-order valence-electron chi connectivity index (χ4n) is 3.14. The summed E-state index contributed by atoms with van der Waals surface area (Å²) in [6.07, 6.45) is 4.56. The van der Waals surface area contributed by atoms with E-state index in [1.165, 1.54) is 10.4 Å². The molecular formula is C19H22N4OS2. The van der Waals surface area contributed by atoms with Crippen molar-refractivity contribution >= 4 is 39.1 Å². The Morgan fingerprint density at radius 3 is 3.00 bits per heavy atom. The SMILES string of the molecule is CCSc1nc(NCc2cccnc2)c2c3c(sc2n1)COC(C)(C)C3. The lowest BCUT2D eigenvalue weighted by Crippen LogP contribution is -2.31. The van der Waals surface area contributed by atoms with Gasteiger partial charge in [-0.2, -0.15) is 0 Å². The highest BCUT2D eigenvalue weighted by Crippen LogP contribution is 2.41. The zero-order valence-corrected chi connectivity index (χ0v) is 16.8. The molecule has 7 heteroatoms. The van der Waals surface area contributed by atoms with Crippen LogP contribution in [0, 0.1) is 0 Å². The summed E-state index contributed by atoms with van der Waals surface area (Å²) >= 11 is 3.41. The third kappa shape index (κ3) is 3.56. The molecule has 0 radical (unpaired) electrons. The molecule has 0 unspecified atom stereocenters. The molecule has 1 aliphatic rings. The number of hydrogen-bond acceptors (Lipinski definition) is 7. The monoisotopic (exact) mass is 386 g/mol. The topological polar surface area (TPSA) is 59.9 Å². The van der Waals surface area contributed by atoms with Gasteiger partial charge in [0, 0.05) is 30.2 Å². The van der Waals surface area contributed by atoms with Crippen LogP contribution in [0.25, 0.3) is 10.2 Å². The van der Waals surface area contributed by atoms with Crippen LogP contribution in [0.1, 0.15) is 36.8 Å². The van der Waals surface area contributed by atoms with Crippen molar-refractivity contribution in [2.45, 2.75) is 51.1 Å². The van der Waals surface area contributed by atoms with Crippen molar-refractivity contribution in [3.05, 3.63) is 40.5 Å². The lowest BCUT2D eigenvalue weighted by Gasteiger charge is -2.30. The fourth-order valence-corrected chi connectivity index (χ4v) is 4.87. The van der Waals surface area contributed by atoms with E-state index >= 15 is 0 Å². The van der Waals surface area contributed by atoms with Crippen LogP contribution in [0.15, 0.2) is 29.7 Å². The van der Waals surface area contributed by atoms with Crippen LogP contribution < -0.4 is 5.32 Å². The first-order valence-electron chi connectivity index (χ1n) is 8.77. The van der Waals surface area contributed by atoms with Crippen LogP contribution in [0.4, 0.5) is 5.82 Å². The molecular weight excluding hydrogens is 364 g/mol. The van der Waals surface area contributed by atoms with Gasteiger partial charge in [0.2, 0.25) is 0 Å². The molecule has 1 N–H and O–H groups in total. The predicted molar refractivity (Wildman–Crippen MR) is 108 cm³/mol. The second kappa shape index (κ2) is 7.13. The minimum absolute atomic E-state index is 0.154. The molecule has 0 amide bonds. The lowest BCUT2D eigenvalue weighted by atomic mass is 9.94. The number of hydrogen-bond donors (Lipinski definition) is 1. The van der Waals surface area contributed by atoms with Gasteiger partial charge in [-0.25, -0.2) is 9.97 Å². The summed E-state index contributed by atoms with van der Waals surface area (Å²) in [5.74, 6) is 1.87. The maximum atomic E-state index is 6.00. The van der Waals surface area contributed by atoms with Gasteiger partial charge < -0.3 is 10.1 Å². The van der Waals surface area contributed by atoms with Crippen molar-refractivity contribution in [2.24, 2.45) is 0 Å². The van der Waals surface area contributed by atoms with Crippen molar-refractivity contribution in [2.75, 3.05) is 11.1 Å². The quantitative estimate of drug-likeness (QED) is 0.508. The first-order valence-corrected chi connectivity index (χ1v) is 10.6. The van der Waals surface area contributed by atoms with Crippen molar-refractivity contribution in [3.63, 3.8) is 0 Å². The Morgan fingerprint density at radius 2 is 2.23 bits per heavy atom. The van der Waals surface area contributed by atoms with Gasteiger partial charge in [-0.1, -0.05) is 24.8 Å². The number of nitrogens with one attached hydrogen (secondary N) is 1. The molecule has 0 saturated carbocycles. The van der Waals surface area contributed by atoms with E-state index in [0.29, 0.717) is 13.2 Å². The van der Waals surface area contributed by atoms with Crippen LogP contribution >= 0.6 is 23.1 Å². The van der Waals surface area contributed by atoms with Gasteiger partial charge in [-0.3, -0.25) is 4.98 Å². The summed E-state index contributed by atoms with van der Waals surface area (Å²) in [5.41, 5.74) is 2.32. The Bertz CT molecular complexity index is 924. The summed E-state index contributed by atoms with van der Waals surface area (Å²) < 4.78 is 6.00. The van der Waals surface area contributed by atoms with Crippen molar-refractivity contribution < 1.29 is 4.74 Å². The molecule has 4 rings (SSSR count). The number of rotatable bonds is 5. The molecule has 0 bridgehead atoms. The average Bonchev–Trinajstić information content (AvgIpc) is 2.97. The molecule has 0 aliphatic carbocycles. The Morgan fingerprint density at radius 1 is 1.35 bits per heavy atom. The molecule has 0 aromatic carbocycles. The standard InChI is InChI=1S/C19H22N4OS2/c1-4-25-18-22-16(21-10-12-6-5-7-20-9-12)15-13-8-19(2,3)24-11-14(13)26-17(15)23-18/h5-7,9H,4,8,10-11H2,1-3H3,(H,21,22,23). The van der Waals surface area contributed by atoms with Crippen LogP contribution in [0.3, 0.4) is 0 Å². The molecule has 3 aromatic heterocycles. The van der Waals surface area contributed by atoms with E-state index in [2.05, 4.69) is 37.1 Å². The predicted octanol–water partition coefficient (Wildman–Crippen LogP) is 4.66. The maximum Gasteiger partial charge on any atom is 0.190 e. The lowest BCUT2D eigenvalue weighted by molar-refractivity contribution is -0.0379. The molecule has 0 saturated heterocycles. The van der Waals surface area contributed by atoms with E-state index in [4.69, 9.17) is 14.7 Å². The summed E-state index contributed by atoms with van der Waals surface area (Å²) in [5, 5.41) is 5.51. The Kier molecular flexibility index (Phi) is 4.86. The summed E-state index contributed by atoms with van der Waals surface area (Å²) in [4.78, 5) is 16.1. The van der Waals surface area contributed by atoms with Crippen molar-refractivity contribution in [1.29, 1.82) is 0 Å². The molecule has 0 spiro atoms. The molecule has 4 heterocycles. The van der Waals surface area contributed by atoms with Gasteiger partial charge in [-0.05, 0) is 36.8 Å². The second-order valence-corrected chi connectivity index (χ2v) is 9.23. The van der Waals surface area contributed by atoms with Crippen LogP contribution in [0.5, 0.6) is 0 Å². The molecule has 26 heavy (non-hydrogen) atoms. The number of ether oxygens (including phenoxy) is 1. The van der Waals surface area contributed by atoms with Crippen molar-refractivity contribution in [3.8, 4) is 0 Å². The van der Waals surface area contributed by atoms with Crippen LogP contribution in [0.2, 0.25) is 0 Å². The first kappa shape index (κ1) is 17.7. The zero-order chi connectivity index (χ0) is 18.1. The number of thiophene rings is 1. The maximum absolute atomic E-state index is 6.00. The third-order valence-corrected chi connectivity index (χ3v) is 6.20. The number of pyridine rings is 1. The van der Waals surface area contributed by atoms with E-state index < -0.39 is 0 Å². The van der Waals surface area contributed by atoms with E-state index in [1.54, 1.807) is 29.3 Å². The van der Waals surface area contributed by atoms with Gasteiger partial charge >= 0.3 is 0 Å². The molecule has 0 atom stereocenters. The molecule has 136 valence electrons. The Balaban J connectivity index is 1.76. The Hall–Kier alpha value is -1.70. The summed E-state index contributed by atoms with van der Waals surface area (Å²) in [6.45, 7) is 7.76. The van der Waals surface area contributed by atoms with Gasteiger partial charge in [0.05, 0.1) is 17.6 Å². The summed E-state index contributed by atoms with van der Waals surface area (Å²) in [6, 6.07) is 4.03. The third-order valence-electron chi connectivity index (χ3n) is 4.37. The molecule has 5 nitrogen and oxygen atoms in total. The highest BCUT2D eigenvalue weighted by atomic mass is 32.2.